The Kier molecular flexibility index (Phi) is 2.84. The van der Waals surface area contributed by atoms with Gasteiger partial charge in [0.1, 0.15) is 11.4 Å². The molecule has 4 heteroatoms. The number of aryl methyl sites for hydroxylation is 2. The van der Waals surface area contributed by atoms with Crippen molar-refractivity contribution in [2.45, 2.75) is 26.8 Å². The first kappa shape index (κ1) is 10.6. The van der Waals surface area contributed by atoms with Crippen molar-refractivity contribution < 1.29 is 9.90 Å². The Labute approximate surface area is 83.5 Å². The van der Waals surface area contributed by atoms with Gasteiger partial charge in [-0.25, -0.2) is 0 Å². The molecule has 0 saturated heterocycles. The third kappa shape index (κ3) is 1.89. The second-order valence-corrected chi connectivity index (χ2v) is 3.75. The van der Waals surface area contributed by atoms with Gasteiger partial charge in [0.05, 0.1) is 0 Å². The standard InChI is InChI=1S/C10H16N2O2/c1-6(2)11-10(14)8-9(13)7(3)5-12(8)4/h5-6,13H,1-4H3,(H,11,14). The fourth-order valence-corrected chi connectivity index (χ4v) is 1.37. The molecule has 1 rings (SSSR count). The number of carbonyl (C=O) groups is 1. The van der Waals surface area contributed by atoms with Crippen LogP contribution in [0.2, 0.25) is 0 Å². The molecule has 78 valence electrons. The summed E-state index contributed by atoms with van der Waals surface area (Å²) in [6.07, 6.45) is 1.73. The van der Waals surface area contributed by atoms with Crippen molar-refractivity contribution in [1.29, 1.82) is 0 Å². The molecule has 0 aliphatic rings. The van der Waals surface area contributed by atoms with Crippen molar-refractivity contribution in [2.75, 3.05) is 0 Å². The Morgan fingerprint density at radius 2 is 2.14 bits per heavy atom. The van der Waals surface area contributed by atoms with E-state index in [4.69, 9.17) is 0 Å². The zero-order valence-electron chi connectivity index (χ0n) is 8.96. The molecule has 1 aromatic heterocycles. The fourth-order valence-electron chi connectivity index (χ4n) is 1.37. The molecular formula is C10H16N2O2. The monoisotopic (exact) mass is 196 g/mol. The molecule has 0 saturated carbocycles. The average molecular weight is 196 g/mol. The van der Waals surface area contributed by atoms with Gasteiger partial charge in [0.25, 0.3) is 5.91 Å². The summed E-state index contributed by atoms with van der Waals surface area (Å²) in [6, 6.07) is 0.0668. The minimum atomic E-state index is -0.242. The number of nitrogens with zero attached hydrogens (tertiary/aromatic N) is 1. The number of hydrogen-bond acceptors (Lipinski definition) is 2. The highest BCUT2D eigenvalue weighted by Gasteiger charge is 2.17. The number of rotatable bonds is 2. The van der Waals surface area contributed by atoms with Gasteiger partial charge >= 0.3 is 0 Å². The fraction of sp³-hybridized carbons (Fsp3) is 0.500. The minimum Gasteiger partial charge on any atom is -0.505 e. The summed E-state index contributed by atoms with van der Waals surface area (Å²) in [7, 11) is 1.74. The number of aromatic hydroxyl groups is 1. The van der Waals surface area contributed by atoms with Gasteiger partial charge < -0.3 is 15.0 Å². The summed E-state index contributed by atoms with van der Waals surface area (Å²) in [4.78, 5) is 11.6. The Morgan fingerprint density at radius 1 is 1.57 bits per heavy atom. The molecular weight excluding hydrogens is 180 g/mol. The van der Waals surface area contributed by atoms with Gasteiger partial charge in [-0.3, -0.25) is 4.79 Å². The lowest BCUT2D eigenvalue weighted by Crippen LogP contribution is -2.31. The molecule has 0 spiro atoms. The van der Waals surface area contributed by atoms with E-state index >= 15 is 0 Å². The molecule has 1 amide bonds. The Hall–Kier alpha value is -1.45. The molecule has 0 atom stereocenters. The summed E-state index contributed by atoms with van der Waals surface area (Å²) < 4.78 is 1.63. The molecule has 0 aliphatic carbocycles. The second kappa shape index (κ2) is 3.74. The van der Waals surface area contributed by atoms with Crippen LogP contribution < -0.4 is 5.32 Å². The van der Waals surface area contributed by atoms with Crippen LogP contribution in [0.1, 0.15) is 29.9 Å². The largest absolute Gasteiger partial charge is 0.505 e. The Balaban J connectivity index is 3.00. The van der Waals surface area contributed by atoms with Crippen LogP contribution in [-0.2, 0) is 7.05 Å². The predicted molar refractivity (Wildman–Crippen MR) is 54.4 cm³/mol. The van der Waals surface area contributed by atoms with Crippen LogP contribution in [0.25, 0.3) is 0 Å². The normalized spacial score (nSPS) is 10.6. The van der Waals surface area contributed by atoms with E-state index in [0.717, 1.165) is 0 Å². The summed E-state index contributed by atoms with van der Waals surface area (Å²) in [5, 5.41) is 12.4. The summed E-state index contributed by atoms with van der Waals surface area (Å²) in [6.45, 7) is 5.52. The van der Waals surface area contributed by atoms with E-state index in [1.54, 1.807) is 24.7 Å². The van der Waals surface area contributed by atoms with Crippen LogP contribution >= 0.6 is 0 Å². The van der Waals surface area contributed by atoms with Gasteiger partial charge in [0.2, 0.25) is 0 Å². The molecule has 4 nitrogen and oxygen atoms in total. The summed E-state index contributed by atoms with van der Waals surface area (Å²) >= 11 is 0. The number of aromatic nitrogens is 1. The van der Waals surface area contributed by atoms with Crippen molar-refractivity contribution >= 4 is 5.91 Å². The van der Waals surface area contributed by atoms with E-state index in [1.807, 2.05) is 13.8 Å². The van der Waals surface area contributed by atoms with Crippen molar-refractivity contribution in [2.24, 2.45) is 7.05 Å². The molecule has 14 heavy (non-hydrogen) atoms. The maximum Gasteiger partial charge on any atom is 0.271 e. The Morgan fingerprint density at radius 3 is 2.50 bits per heavy atom. The lowest BCUT2D eigenvalue weighted by molar-refractivity contribution is 0.0932. The third-order valence-corrected chi connectivity index (χ3v) is 1.97. The van der Waals surface area contributed by atoms with E-state index in [9.17, 15) is 9.90 Å². The molecule has 0 aromatic carbocycles. The number of carbonyl (C=O) groups excluding carboxylic acids is 1. The average Bonchev–Trinajstić information content (AvgIpc) is 2.25. The van der Waals surface area contributed by atoms with Crippen molar-refractivity contribution in [3.05, 3.63) is 17.5 Å². The number of nitrogens with one attached hydrogen (secondary N) is 1. The maximum atomic E-state index is 11.6. The van der Waals surface area contributed by atoms with Gasteiger partial charge in [-0.1, -0.05) is 0 Å². The van der Waals surface area contributed by atoms with Crippen LogP contribution in [0.15, 0.2) is 6.20 Å². The second-order valence-electron chi connectivity index (χ2n) is 3.75. The number of hydrogen-bond donors (Lipinski definition) is 2. The SMILES string of the molecule is Cc1cn(C)c(C(=O)NC(C)C)c1O. The highest BCUT2D eigenvalue weighted by atomic mass is 16.3. The van der Waals surface area contributed by atoms with E-state index in [1.165, 1.54) is 0 Å². The predicted octanol–water partition coefficient (Wildman–Crippen LogP) is 1.18. The van der Waals surface area contributed by atoms with Gasteiger partial charge in [-0.2, -0.15) is 0 Å². The third-order valence-electron chi connectivity index (χ3n) is 1.97. The molecule has 0 unspecified atom stereocenters. The molecule has 1 heterocycles. The molecule has 1 aromatic rings. The first-order chi connectivity index (χ1) is 6.43. The van der Waals surface area contributed by atoms with Crippen LogP contribution in [0.3, 0.4) is 0 Å². The lowest BCUT2D eigenvalue weighted by atomic mass is 10.3. The quantitative estimate of drug-likeness (QED) is 0.746. The van der Waals surface area contributed by atoms with Gasteiger partial charge in [-0.15, -0.1) is 0 Å². The summed E-state index contributed by atoms with van der Waals surface area (Å²) in [5.74, 6) is -0.182. The van der Waals surface area contributed by atoms with Crippen molar-refractivity contribution in [3.63, 3.8) is 0 Å². The van der Waals surface area contributed by atoms with Crippen LogP contribution in [0, 0.1) is 6.92 Å². The van der Waals surface area contributed by atoms with Crippen LogP contribution in [0.5, 0.6) is 5.75 Å². The summed E-state index contributed by atoms with van der Waals surface area (Å²) in [5.41, 5.74) is 1.03. The van der Waals surface area contributed by atoms with E-state index < -0.39 is 0 Å². The number of amides is 1. The van der Waals surface area contributed by atoms with E-state index in [2.05, 4.69) is 5.32 Å². The van der Waals surface area contributed by atoms with Crippen LogP contribution in [-0.4, -0.2) is 21.6 Å². The minimum absolute atomic E-state index is 0.0608. The molecule has 2 N–H and O–H groups in total. The lowest BCUT2D eigenvalue weighted by Gasteiger charge is -2.09. The molecule has 0 radical (unpaired) electrons. The zero-order chi connectivity index (χ0) is 10.9. The zero-order valence-corrected chi connectivity index (χ0v) is 8.96. The van der Waals surface area contributed by atoms with Gasteiger partial charge in [0, 0.05) is 24.8 Å². The van der Waals surface area contributed by atoms with Crippen molar-refractivity contribution in [1.82, 2.24) is 9.88 Å². The highest BCUT2D eigenvalue weighted by molar-refractivity contribution is 5.96. The topological polar surface area (TPSA) is 54.3 Å². The van der Waals surface area contributed by atoms with E-state index in [0.29, 0.717) is 11.3 Å². The first-order valence-electron chi connectivity index (χ1n) is 4.59. The maximum absolute atomic E-state index is 11.6. The van der Waals surface area contributed by atoms with Gasteiger partial charge in [0.15, 0.2) is 0 Å². The first-order valence-corrected chi connectivity index (χ1v) is 4.59. The van der Waals surface area contributed by atoms with E-state index in [-0.39, 0.29) is 17.7 Å². The molecule has 0 fully saturated rings. The highest BCUT2D eigenvalue weighted by Crippen LogP contribution is 2.22. The van der Waals surface area contributed by atoms with Gasteiger partial charge in [-0.05, 0) is 20.8 Å². The van der Waals surface area contributed by atoms with Crippen molar-refractivity contribution in [3.8, 4) is 5.75 Å². The van der Waals surface area contributed by atoms with Crippen LogP contribution in [0.4, 0.5) is 0 Å². The molecule has 0 aliphatic heterocycles. The Bertz CT molecular complexity index is 353. The smallest absolute Gasteiger partial charge is 0.271 e. The molecule has 0 bridgehead atoms.